The van der Waals surface area contributed by atoms with Gasteiger partial charge in [-0.3, -0.25) is 4.79 Å². The molecule has 1 aromatic rings. The average molecular weight is 314 g/mol. The fourth-order valence-corrected chi connectivity index (χ4v) is 3.00. The van der Waals surface area contributed by atoms with Gasteiger partial charge in [-0.25, -0.2) is 0 Å². The van der Waals surface area contributed by atoms with Gasteiger partial charge in [-0.2, -0.15) is 0 Å². The lowest BCUT2D eigenvalue weighted by atomic mass is 10.1. The number of carbonyl (C=O) groups excluding carboxylic acids is 1. The van der Waals surface area contributed by atoms with Crippen molar-refractivity contribution in [3.63, 3.8) is 0 Å². The normalized spacial score (nSPS) is 22.9. The quantitative estimate of drug-likeness (QED) is 0.593. The number of aromatic hydroxyl groups is 2. The van der Waals surface area contributed by atoms with E-state index in [0.717, 1.165) is 19.3 Å². The number of nitrogens with one attached hydrogen (secondary N) is 1. The smallest absolute Gasteiger partial charge is 0.251 e. The van der Waals surface area contributed by atoms with Gasteiger partial charge in [-0.05, 0) is 43.4 Å². The summed E-state index contributed by atoms with van der Waals surface area (Å²) in [6.07, 6.45) is 3.36. The Morgan fingerprint density at radius 1 is 1.33 bits per heavy atom. The predicted molar refractivity (Wildman–Crippen MR) is 72.2 cm³/mol. The molecule has 0 aliphatic heterocycles. The Hall–Kier alpha value is -1.23. The third-order valence-corrected chi connectivity index (χ3v) is 4.10. The minimum Gasteiger partial charge on any atom is -0.504 e. The molecule has 1 saturated carbocycles. The molecule has 0 bridgehead atoms. The fourth-order valence-electron chi connectivity index (χ4n) is 2.20. The van der Waals surface area contributed by atoms with E-state index in [1.165, 1.54) is 18.2 Å². The number of phenolic OH excluding ortho intramolecular Hbond substituents is 2. The third kappa shape index (κ3) is 3.16. The first-order valence-electron chi connectivity index (χ1n) is 6.00. The Bertz CT molecular complexity index is 450. The van der Waals surface area contributed by atoms with Gasteiger partial charge in [-0.1, -0.05) is 15.9 Å². The van der Waals surface area contributed by atoms with E-state index in [2.05, 4.69) is 21.2 Å². The summed E-state index contributed by atoms with van der Waals surface area (Å²) >= 11 is 3.57. The Balaban J connectivity index is 1.89. The van der Waals surface area contributed by atoms with E-state index < -0.39 is 0 Å². The van der Waals surface area contributed by atoms with Crippen molar-refractivity contribution in [1.82, 2.24) is 5.32 Å². The molecular weight excluding hydrogens is 298 g/mol. The first kappa shape index (κ1) is 13.2. The minimum absolute atomic E-state index is 0.218. The Labute approximate surface area is 114 Å². The Morgan fingerprint density at radius 3 is 2.72 bits per heavy atom. The second kappa shape index (κ2) is 5.61. The summed E-state index contributed by atoms with van der Waals surface area (Å²) in [5.41, 5.74) is 0.360. The van der Waals surface area contributed by atoms with Crippen LogP contribution in [0.3, 0.4) is 0 Å². The highest BCUT2D eigenvalue weighted by molar-refractivity contribution is 9.09. The average Bonchev–Trinajstić information content (AvgIpc) is 2.75. The van der Waals surface area contributed by atoms with Crippen LogP contribution < -0.4 is 5.32 Å². The molecule has 0 saturated heterocycles. The number of alkyl halides is 1. The van der Waals surface area contributed by atoms with Crippen LogP contribution in [0.2, 0.25) is 0 Å². The monoisotopic (exact) mass is 313 g/mol. The largest absolute Gasteiger partial charge is 0.504 e. The van der Waals surface area contributed by atoms with E-state index in [0.29, 0.717) is 22.9 Å². The molecule has 18 heavy (non-hydrogen) atoms. The Morgan fingerprint density at radius 2 is 2.11 bits per heavy atom. The van der Waals surface area contributed by atoms with E-state index in [4.69, 9.17) is 0 Å². The lowest BCUT2D eigenvalue weighted by Gasteiger charge is -2.11. The number of halogens is 1. The number of amides is 1. The third-order valence-electron chi connectivity index (χ3n) is 3.27. The molecule has 1 aliphatic carbocycles. The zero-order valence-corrected chi connectivity index (χ0v) is 11.5. The molecule has 1 amide bonds. The summed E-state index contributed by atoms with van der Waals surface area (Å²) in [6, 6.07) is 4.08. The van der Waals surface area contributed by atoms with Gasteiger partial charge in [0.1, 0.15) is 0 Å². The summed E-state index contributed by atoms with van der Waals surface area (Å²) in [4.78, 5) is 12.4. The molecule has 98 valence electrons. The topological polar surface area (TPSA) is 69.6 Å². The van der Waals surface area contributed by atoms with Gasteiger partial charge in [0.25, 0.3) is 5.91 Å². The van der Waals surface area contributed by atoms with Crippen molar-refractivity contribution in [2.45, 2.75) is 24.1 Å². The first-order valence-corrected chi connectivity index (χ1v) is 6.92. The molecule has 0 radical (unpaired) electrons. The zero-order chi connectivity index (χ0) is 13.1. The summed E-state index contributed by atoms with van der Waals surface area (Å²) < 4.78 is 0. The molecule has 2 atom stereocenters. The molecule has 4 nitrogen and oxygen atoms in total. The van der Waals surface area contributed by atoms with E-state index in [1.54, 1.807) is 0 Å². The van der Waals surface area contributed by atoms with Gasteiger partial charge in [0, 0.05) is 16.9 Å². The van der Waals surface area contributed by atoms with E-state index >= 15 is 0 Å². The van der Waals surface area contributed by atoms with Crippen LogP contribution in [-0.2, 0) is 0 Å². The second-order valence-electron chi connectivity index (χ2n) is 4.69. The van der Waals surface area contributed by atoms with Crippen LogP contribution in [0.1, 0.15) is 29.6 Å². The standard InChI is InChI=1S/C13H16BrNO3/c14-10-3-1-8(5-10)7-15-13(18)9-2-4-11(16)12(17)6-9/h2,4,6,8,10,16-17H,1,3,5,7H2,(H,15,18). The molecule has 5 heteroatoms. The van der Waals surface area contributed by atoms with Crippen molar-refractivity contribution in [2.75, 3.05) is 6.54 Å². The number of carbonyl (C=O) groups is 1. The van der Waals surface area contributed by atoms with Crippen LogP contribution in [0, 0.1) is 5.92 Å². The zero-order valence-electron chi connectivity index (χ0n) is 9.90. The Kier molecular flexibility index (Phi) is 4.11. The van der Waals surface area contributed by atoms with Crippen molar-refractivity contribution >= 4 is 21.8 Å². The van der Waals surface area contributed by atoms with Crippen LogP contribution in [0.4, 0.5) is 0 Å². The van der Waals surface area contributed by atoms with Crippen molar-refractivity contribution < 1.29 is 15.0 Å². The maximum Gasteiger partial charge on any atom is 0.251 e. The lowest BCUT2D eigenvalue weighted by Crippen LogP contribution is -2.28. The lowest BCUT2D eigenvalue weighted by molar-refractivity contribution is 0.0947. The maximum absolute atomic E-state index is 11.8. The molecule has 1 aromatic carbocycles. The van der Waals surface area contributed by atoms with Crippen LogP contribution in [-0.4, -0.2) is 27.5 Å². The van der Waals surface area contributed by atoms with E-state index in [-0.39, 0.29) is 17.4 Å². The summed E-state index contributed by atoms with van der Waals surface area (Å²) in [7, 11) is 0. The van der Waals surface area contributed by atoms with Gasteiger partial charge in [-0.15, -0.1) is 0 Å². The molecule has 1 fully saturated rings. The van der Waals surface area contributed by atoms with Gasteiger partial charge in [0.15, 0.2) is 11.5 Å². The number of hydrogen-bond acceptors (Lipinski definition) is 3. The minimum atomic E-state index is -0.274. The highest BCUT2D eigenvalue weighted by Gasteiger charge is 2.22. The van der Waals surface area contributed by atoms with Crippen LogP contribution >= 0.6 is 15.9 Å². The second-order valence-corrected chi connectivity index (χ2v) is 5.98. The van der Waals surface area contributed by atoms with Gasteiger partial charge in [0.2, 0.25) is 0 Å². The van der Waals surface area contributed by atoms with Crippen molar-refractivity contribution in [3.05, 3.63) is 23.8 Å². The fraction of sp³-hybridized carbons (Fsp3) is 0.462. The summed E-state index contributed by atoms with van der Waals surface area (Å²) in [5, 5.41) is 21.4. The molecule has 2 rings (SSSR count). The van der Waals surface area contributed by atoms with Crippen molar-refractivity contribution in [1.29, 1.82) is 0 Å². The van der Waals surface area contributed by atoms with Crippen molar-refractivity contribution in [2.24, 2.45) is 5.92 Å². The number of hydrogen-bond donors (Lipinski definition) is 3. The molecule has 0 aromatic heterocycles. The van der Waals surface area contributed by atoms with Crippen LogP contribution in [0.15, 0.2) is 18.2 Å². The summed E-state index contributed by atoms with van der Waals surface area (Å²) in [6.45, 7) is 0.655. The molecule has 2 unspecified atom stereocenters. The molecule has 0 heterocycles. The van der Waals surface area contributed by atoms with Gasteiger partial charge in [0.05, 0.1) is 0 Å². The van der Waals surface area contributed by atoms with E-state index in [9.17, 15) is 15.0 Å². The molecule has 0 spiro atoms. The van der Waals surface area contributed by atoms with Gasteiger partial charge >= 0.3 is 0 Å². The number of benzene rings is 1. The van der Waals surface area contributed by atoms with Gasteiger partial charge < -0.3 is 15.5 Å². The van der Waals surface area contributed by atoms with Crippen molar-refractivity contribution in [3.8, 4) is 11.5 Å². The van der Waals surface area contributed by atoms with Crippen LogP contribution in [0.25, 0.3) is 0 Å². The molecule has 3 N–H and O–H groups in total. The number of phenols is 2. The first-order chi connectivity index (χ1) is 8.56. The highest BCUT2D eigenvalue weighted by Crippen LogP contribution is 2.30. The van der Waals surface area contributed by atoms with E-state index in [1.807, 2.05) is 0 Å². The molecule has 1 aliphatic rings. The highest BCUT2D eigenvalue weighted by atomic mass is 79.9. The van der Waals surface area contributed by atoms with Crippen LogP contribution in [0.5, 0.6) is 11.5 Å². The maximum atomic E-state index is 11.8. The predicted octanol–water partition coefficient (Wildman–Crippen LogP) is 2.39. The number of rotatable bonds is 3. The molecular formula is C13H16BrNO3. The summed E-state index contributed by atoms with van der Waals surface area (Å²) in [5.74, 6) is -0.194. The SMILES string of the molecule is O=C(NCC1CCC(Br)C1)c1ccc(O)c(O)c1.